The van der Waals surface area contributed by atoms with Gasteiger partial charge in [-0.3, -0.25) is 9.59 Å². The molecule has 2 aliphatic heterocycles. The molecule has 40 heavy (non-hydrogen) atoms. The first-order chi connectivity index (χ1) is 18.8. The maximum absolute atomic E-state index is 13.4. The SMILES string of the molecule is CC(C)C[C@@H](NC(=O)[C@H]1CCCN1C(=O)c1cccc(S(=O)(=O)N2CC(C#N)C2)c1)c1ccc(C(F)(F)F)cc1. The number of rotatable bonds is 8. The van der Waals surface area contributed by atoms with Gasteiger partial charge in [-0.1, -0.05) is 32.0 Å². The van der Waals surface area contributed by atoms with Crippen molar-refractivity contribution in [2.45, 2.75) is 56.3 Å². The van der Waals surface area contributed by atoms with Gasteiger partial charge in [0.05, 0.1) is 28.5 Å². The highest BCUT2D eigenvalue weighted by atomic mass is 32.2. The van der Waals surface area contributed by atoms with E-state index >= 15 is 0 Å². The summed E-state index contributed by atoms with van der Waals surface area (Å²) in [6, 6.07) is 11.0. The third-order valence-corrected chi connectivity index (χ3v) is 9.06. The zero-order chi connectivity index (χ0) is 29.2. The predicted molar refractivity (Wildman–Crippen MR) is 140 cm³/mol. The first kappa shape index (κ1) is 29.6. The predicted octanol–water partition coefficient (Wildman–Crippen LogP) is 4.36. The molecule has 0 unspecified atom stereocenters. The number of hydrogen-bond acceptors (Lipinski definition) is 5. The molecule has 12 heteroatoms. The molecule has 2 heterocycles. The summed E-state index contributed by atoms with van der Waals surface area (Å²) < 4.78 is 66.1. The standard InChI is InChI=1S/C28H31F3N4O4S/c1-18(2)13-24(20-8-10-22(11-9-20)28(29,30)31)33-26(36)25-7-4-12-35(25)27(37)21-5-3-6-23(14-21)40(38,39)34-16-19(15-32)17-34/h3,5-6,8-11,14,18-19,24-25H,4,7,12-13,16-17H2,1-2H3,(H,33,36)/t24-,25-/m1/s1. The molecule has 1 N–H and O–H groups in total. The van der Waals surface area contributed by atoms with Gasteiger partial charge in [0.15, 0.2) is 0 Å². The molecular weight excluding hydrogens is 545 g/mol. The third kappa shape index (κ3) is 6.31. The molecule has 2 aromatic rings. The molecule has 8 nitrogen and oxygen atoms in total. The van der Waals surface area contributed by atoms with Crippen LogP contribution in [-0.4, -0.2) is 55.1 Å². The summed E-state index contributed by atoms with van der Waals surface area (Å²) in [7, 11) is -3.86. The summed E-state index contributed by atoms with van der Waals surface area (Å²) >= 11 is 0. The van der Waals surface area contributed by atoms with Crippen LogP contribution in [0.5, 0.6) is 0 Å². The van der Waals surface area contributed by atoms with Crippen LogP contribution in [-0.2, 0) is 21.0 Å². The van der Waals surface area contributed by atoms with Gasteiger partial charge in [0.25, 0.3) is 5.91 Å². The van der Waals surface area contributed by atoms with Crippen molar-refractivity contribution in [2.24, 2.45) is 11.8 Å². The minimum absolute atomic E-state index is 0.0609. The van der Waals surface area contributed by atoms with Crippen molar-refractivity contribution in [3.8, 4) is 6.07 Å². The Morgan fingerprint density at radius 3 is 2.40 bits per heavy atom. The van der Waals surface area contributed by atoms with Gasteiger partial charge in [0.1, 0.15) is 6.04 Å². The van der Waals surface area contributed by atoms with E-state index in [-0.39, 0.29) is 35.4 Å². The van der Waals surface area contributed by atoms with E-state index in [2.05, 4.69) is 5.32 Å². The normalized spacial score (nSPS) is 19.2. The molecule has 0 aromatic heterocycles. The molecule has 2 aromatic carbocycles. The Morgan fingerprint density at radius 1 is 1.12 bits per heavy atom. The lowest BCUT2D eigenvalue weighted by Gasteiger charge is -2.34. The van der Waals surface area contributed by atoms with Gasteiger partial charge in [0, 0.05) is 25.2 Å². The number of nitrogens with one attached hydrogen (secondary N) is 1. The topological polar surface area (TPSA) is 111 Å². The Labute approximate surface area is 231 Å². The molecule has 2 atom stereocenters. The third-order valence-electron chi connectivity index (χ3n) is 7.23. The minimum atomic E-state index is -4.47. The van der Waals surface area contributed by atoms with Crippen LogP contribution >= 0.6 is 0 Å². The van der Waals surface area contributed by atoms with Crippen LogP contribution < -0.4 is 5.32 Å². The number of carbonyl (C=O) groups excluding carboxylic acids is 2. The number of halogens is 3. The molecule has 0 spiro atoms. The fraction of sp³-hybridized carbons (Fsp3) is 0.464. The minimum Gasteiger partial charge on any atom is -0.347 e. The number of amides is 2. The van der Waals surface area contributed by atoms with Crippen molar-refractivity contribution in [3.05, 3.63) is 65.2 Å². The van der Waals surface area contributed by atoms with Crippen LogP contribution in [0.2, 0.25) is 0 Å². The largest absolute Gasteiger partial charge is 0.416 e. The van der Waals surface area contributed by atoms with Crippen LogP contribution in [0.3, 0.4) is 0 Å². The monoisotopic (exact) mass is 576 g/mol. The zero-order valence-electron chi connectivity index (χ0n) is 22.2. The van der Waals surface area contributed by atoms with E-state index in [4.69, 9.17) is 5.26 Å². The average Bonchev–Trinajstić information content (AvgIpc) is 3.37. The number of benzene rings is 2. The summed E-state index contributed by atoms with van der Waals surface area (Å²) in [5.41, 5.74) is -0.116. The smallest absolute Gasteiger partial charge is 0.347 e. The number of hydrogen-bond donors (Lipinski definition) is 1. The molecule has 2 fully saturated rings. The maximum atomic E-state index is 13.4. The van der Waals surface area contributed by atoms with Crippen molar-refractivity contribution in [1.82, 2.24) is 14.5 Å². The van der Waals surface area contributed by atoms with Crippen LogP contribution in [0.4, 0.5) is 13.2 Å². The summed E-state index contributed by atoms with van der Waals surface area (Å²) in [5.74, 6) is -1.12. The second kappa shape index (κ2) is 11.6. The van der Waals surface area contributed by atoms with Crippen molar-refractivity contribution in [1.29, 1.82) is 5.26 Å². The van der Waals surface area contributed by atoms with E-state index in [0.29, 0.717) is 31.4 Å². The first-order valence-corrected chi connectivity index (χ1v) is 14.5. The van der Waals surface area contributed by atoms with E-state index < -0.39 is 45.7 Å². The fourth-order valence-electron chi connectivity index (χ4n) is 5.02. The van der Waals surface area contributed by atoms with Crippen LogP contribution in [0.1, 0.15) is 60.6 Å². The highest BCUT2D eigenvalue weighted by Crippen LogP contribution is 2.32. The van der Waals surface area contributed by atoms with Crippen molar-refractivity contribution in [3.63, 3.8) is 0 Å². The Bertz CT molecular complexity index is 1400. The summed E-state index contributed by atoms with van der Waals surface area (Å²) in [6.07, 6.45) is -3.01. The Morgan fingerprint density at radius 2 is 1.80 bits per heavy atom. The Balaban J connectivity index is 1.50. The summed E-state index contributed by atoms with van der Waals surface area (Å²) in [4.78, 5) is 28.2. The molecule has 0 radical (unpaired) electrons. The van der Waals surface area contributed by atoms with Crippen molar-refractivity contribution >= 4 is 21.8 Å². The average molecular weight is 577 g/mol. The van der Waals surface area contributed by atoms with E-state index in [1.54, 1.807) is 0 Å². The second-order valence-electron chi connectivity index (χ2n) is 10.6. The van der Waals surface area contributed by atoms with Gasteiger partial charge in [-0.05, 0) is 61.1 Å². The van der Waals surface area contributed by atoms with Gasteiger partial charge in [-0.25, -0.2) is 8.42 Å². The molecule has 2 aliphatic rings. The maximum Gasteiger partial charge on any atom is 0.416 e. The van der Waals surface area contributed by atoms with Gasteiger partial charge in [-0.15, -0.1) is 0 Å². The number of nitriles is 1. The first-order valence-electron chi connectivity index (χ1n) is 13.1. The molecule has 4 rings (SSSR count). The van der Waals surface area contributed by atoms with E-state index in [1.807, 2.05) is 19.9 Å². The second-order valence-corrected chi connectivity index (χ2v) is 12.6. The molecule has 2 amide bonds. The van der Waals surface area contributed by atoms with Gasteiger partial charge < -0.3 is 10.2 Å². The van der Waals surface area contributed by atoms with Gasteiger partial charge >= 0.3 is 6.18 Å². The number of nitrogens with zero attached hydrogens (tertiary/aromatic N) is 3. The fourth-order valence-corrected chi connectivity index (χ4v) is 6.60. The molecule has 0 aliphatic carbocycles. The lowest BCUT2D eigenvalue weighted by atomic mass is 9.95. The lowest BCUT2D eigenvalue weighted by Crippen LogP contribution is -2.49. The number of sulfonamides is 1. The number of carbonyl (C=O) groups is 2. The van der Waals surface area contributed by atoms with Crippen LogP contribution in [0.25, 0.3) is 0 Å². The summed E-state index contributed by atoms with van der Waals surface area (Å²) in [6.45, 7) is 4.38. The Hall–Kier alpha value is -3.43. The molecule has 2 saturated heterocycles. The van der Waals surface area contributed by atoms with E-state index in [0.717, 1.165) is 12.1 Å². The number of likely N-dealkylation sites (tertiary alicyclic amines) is 1. The summed E-state index contributed by atoms with van der Waals surface area (Å²) in [5, 5.41) is 11.9. The lowest BCUT2D eigenvalue weighted by molar-refractivity contribution is -0.137. The van der Waals surface area contributed by atoms with Crippen LogP contribution in [0, 0.1) is 23.2 Å². The van der Waals surface area contributed by atoms with Gasteiger partial charge in [-0.2, -0.15) is 22.7 Å². The number of alkyl halides is 3. The molecule has 214 valence electrons. The zero-order valence-corrected chi connectivity index (χ0v) is 23.0. The van der Waals surface area contributed by atoms with Gasteiger partial charge in [0.2, 0.25) is 15.9 Å². The Kier molecular flexibility index (Phi) is 8.56. The highest BCUT2D eigenvalue weighted by Gasteiger charge is 2.39. The van der Waals surface area contributed by atoms with E-state index in [9.17, 15) is 31.2 Å². The van der Waals surface area contributed by atoms with Crippen molar-refractivity contribution in [2.75, 3.05) is 19.6 Å². The molecule has 0 bridgehead atoms. The van der Waals surface area contributed by atoms with Crippen LogP contribution in [0.15, 0.2) is 53.4 Å². The van der Waals surface area contributed by atoms with Crippen molar-refractivity contribution < 1.29 is 31.2 Å². The van der Waals surface area contributed by atoms with E-state index in [1.165, 1.54) is 45.6 Å². The molecule has 0 saturated carbocycles. The molecular formula is C28H31F3N4O4S. The quantitative estimate of drug-likeness (QED) is 0.502. The highest BCUT2D eigenvalue weighted by molar-refractivity contribution is 7.89.